The number of hydrogen-bond donors (Lipinski definition) is 2. The minimum Gasteiger partial charge on any atom is -0.349 e. The molecule has 0 saturated heterocycles. The Morgan fingerprint density at radius 2 is 1.69 bits per heavy atom. The number of rotatable bonds is 7. The van der Waals surface area contributed by atoms with Crippen molar-refractivity contribution in [2.75, 3.05) is 19.8 Å². The van der Waals surface area contributed by atoms with E-state index in [9.17, 15) is 0 Å². The van der Waals surface area contributed by atoms with Gasteiger partial charge in [0, 0.05) is 0 Å². The van der Waals surface area contributed by atoms with Gasteiger partial charge >= 0.3 is 0 Å². The molecule has 0 rings (SSSR count). The van der Waals surface area contributed by atoms with Gasteiger partial charge in [0.2, 0.25) is 0 Å². The molecule has 0 bridgehead atoms. The third kappa shape index (κ3) is 19.2. The van der Waals surface area contributed by atoms with Crippen LogP contribution in [0.4, 0.5) is 0 Å². The molecule has 1 atom stereocenters. The predicted molar refractivity (Wildman–Crippen MR) is 66.7 cm³/mol. The van der Waals surface area contributed by atoms with Crippen LogP contribution < -0.4 is 5.73 Å². The molecule has 0 aliphatic rings. The minimum atomic E-state index is -0.455. The SMILES string of the molecule is CC.CP(S)OCCCCCCN. The van der Waals surface area contributed by atoms with Gasteiger partial charge in [-0.05, 0) is 26.1 Å². The maximum absolute atomic E-state index is 5.35. The van der Waals surface area contributed by atoms with Crippen molar-refractivity contribution >= 4 is 19.6 Å². The fourth-order valence-electron chi connectivity index (χ4n) is 0.797. The van der Waals surface area contributed by atoms with Gasteiger partial charge in [-0.3, -0.25) is 0 Å². The van der Waals surface area contributed by atoms with Crippen LogP contribution in [0.1, 0.15) is 39.5 Å². The van der Waals surface area contributed by atoms with Gasteiger partial charge in [0.1, 0.15) is 0 Å². The molecule has 0 aromatic rings. The van der Waals surface area contributed by atoms with Crippen molar-refractivity contribution in [2.45, 2.75) is 39.5 Å². The predicted octanol–water partition coefficient (Wildman–Crippen LogP) is 3.42. The van der Waals surface area contributed by atoms with E-state index in [1.54, 1.807) is 0 Å². The second-order valence-electron chi connectivity index (χ2n) is 2.50. The van der Waals surface area contributed by atoms with Gasteiger partial charge in [0.25, 0.3) is 0 Å². The summed E-state index contributed by atoms with van der Waals surface area (Å²) in [6, 6.07) is 0. The van der Waals surface area contributed by atoms with Crippen LogP contribution in [0.5, 0.6) is 0 Å². The molecule has 0 saturated carbocycles. The monoisotopic (exact) mass is 225 g/mol. The molecule has 0 fully saturated rings. The average Bonchev–Trinajstić information content (AvgIpc) is 2.14. The fourth-order valence-corrected chi connectivity index (χ4v) is 1.43. The maximum atomic E-state index is 5.35. The van der Waals surface area contributed by atoms with Crippen LogP contribution in [-0.2, 0) is 4.52 Å². The molecule has 0 aromatic carbocycles. The number of hydrogen-bond acceptors (Lipinski definition) is 3. The summed E-state index contributed by atoms with van der Waals surface area (Å²) in [6.45, 7) is 7.67. The second kappa shape index (κ2) is 15.2. The van der Waals surface area contributed by atoms with Crippen LogP contribution in [0, 0.1) is 0 Å². The Balaban J connectivity index is 0. The molecular weight excluding hydrogens is 201 g/mol. The zero-order valence-corrected chi connectivity index (χ0v) is 10.9. The Kier molecular flexibility index (Phi) is 18.9. The smallest absolute Gasteiger partial charge is 0.0824 e. The van der Waals surface area contributed by atoms with Crippen molar-refractivity contribution in [3.63, 3.8) is 0 Å². The van der Waals surface area contributed by atoms with Crippen molar-refractivity contribution in [3.8, 4) is 0 Å². The molecule has 0 heterocycles. The quantitative estimate of drug-likeness (QED) is 0.395. The van der Waals surface area contributed by atoms with E-state index in [1.807, 2.05) is 20.5 Å². The summed E-state index contributed by atoms with van der Waals surface area (Å²) in [4.78, 5) is 0. The summed E-state index contributed by atoms with van der Waals surface area (Å²) in [7, 11) is -0.455. The highest BCUT2D eigenvalue weighted by Gasteiger charge is 1.93. The lowest BCUT2D eigenvalue weighted by Crippen LogP contribution is -1.98. The van der Waals surface area contributed by atoms with Crippen LogP contribution in [0.3, 0.4) is 0 Å². The highest BCUT2D eigenvalue weighted by Crippen LogP contribution is 2.36. The van der Waals surface area contributed by atoms with E-state index >= 15 is 0 Å². The van der Waals surface area contributed by atoms with Gasteiger partial charge < -0.3 is 10.3 Å². The Hall–Kier alpha value is 0.700. The Morgan fingerprint density at radius 1 is 1.15 bits per heavy atom. The van der Waals surface area contributed by atoms with Crippen LogP contribution in [0.2, 0.25) is 0 Å². The first kappa shape index (κ1) is 16.1. The first-order chi connectivity index (χ1) is 6.27. The molecule has 0 spiro atoms. The first-order valence-electron chi connectivity index (χ1n) is 5.03. The lowest BCUT2D eigenvalue weighted by molar-refractivity contribution is 0.345. The van der Waals surface area contributed by atoms with E-state index in [1.165, 1.54) is 12.8 Å². The Labute approximate surface area is 89.6 Å². The van der Waals surface area contributed by atoms with Crippen molar-refractivity contribution in [1.82, 2.24) is 0 Å². The second-order valence-corrected chi connectivity index (χ2v) is 5.38. The van der Waals surface area contributed by atoms with Crippen molar-refractivity contribution in [3.05, 3.63) is 0 Å². The van der Waals surface area contributed by atoms with Gasteiger partial charge in [-0.2, -0.15) is 0 Å². The topological polar surface area (TPSA) is 35.2 Å². The molecule has 4 heteroatoms. The molecule has 0 aliphatic carbocycles. The highest BCUT2D eigenvalue weighted by atomic mass is 32.7. The van der Waals surface area contributed by atoms with E-state index in [0.717, 1.165) is 26.0 Å². The van der Waals surface area contributed by atoms with Crippen molar-refractivity contribution in [1.29, 1.82) is 0 Å². The van der Waals surface area contributed by atoms with Gasteiger partial charge in [0.05, 0.1) is 14.0 Å². The van der Waals surface area contributed by atoms with E-state index < -0.39 is 7.35 Å². The molecule has 0 radical (unpaired) electrons. The Morgan fingerprint density at radius 3 is 2.15 bits per heavy atom. The average molecular weight is 225 g/mol. The summed E-state index contributed by atoms with van der Waals surface area (Å²) in [5.74, 6) is 0. The molecule has 2 N–H and O–H groups in total. The fraction of sp³-hybridized carbons (Fsp3) is 1.00. The van der Waals surface area contributed by atoms with E-state index in [0.29, 0.717) is 0 Å². The van der Waals surface area contributed by atoms with Gasteiger partial charge in [-0.1, -0.05) is 26.7 Å². The van der Waals surface area contributed by atoms with Crippen molar-refractivity contribution in [2.24, 2.45) is 5.73 Å². The third-order valence-corrected chi connectivity index (χ3v) is 2.28. The van der Waals surface area contributed by atoms with Crippen LogP contribution in [0.25, 0.3) is 0 Å². The van der Waals surface area contributed by atoms with Crippen LogP contribution in [-0.4, -0.2) is 19.8 Å². The van der Waals surface area contributed by atoms with Crippen LogP contribution >= 0.6 is 19.6 Å². The van der Waals surface area contributed by atoms with Gasteiger partial charge in [-0.15, -0.1) is 12.2 Å². The standard InChI is InChI=1S/C7H18NOPS.C2H6/c1-10(11)9-7-5-3-2-4-6-8;1-2/h11H,2-8H2,1H3;1-2H3. The summed E-state index contributed by atoms with van der Waals surface area (Å²) in [5.41, 5.74) is 5.35. The molecule has 2 nitrogen and oxygen atoms in total. The number of unbranched alkanes of at least 4 members (excludes halogenated alkanes) is 3. The molecule has 0 amide bonds. The summed E-state index contributed by atoms with van der Waals surface area (Å²) >= 11 is 4.16. The third-order valence-electron chi connectivity index (χ3n) is 1.38. The first-order valence-corrected chi connectivity index (χ1v) is 7.89. The van der Waals surface area contributed by atoms with Gasteiger partial charge in [-0.25, -0.2) is 0 Å². The number of nitrogens with two attached hydrogens (primary N) is 1. The largest absolute Gasteiger partial charge is 0.349 e. The zero-order chi connectivity index (χ0) is 10.5. The van der Waals surface area contributed by atoms with E-state index in [-0.39, 0.29) is 0 Å². The summed E-state index contributed by atoms with van der Waals surface area (Å²) in [6.07, 6.45) is 4.75. The summed E-state index contributed by atoms with van der Waals surface area (Å²) in [5, 5.41) is 0. The molecule has 82 valence electrons. The number of thiol groups is 1. The van der Waals surface area contributed by atoms with Crippen molar-refractivity contribution < 1.29 is 4.52 Å². The highest BCUT2D eigenvalue weighted by molar-refractivity contribution is 8.43. The Bertz CT molecular complexity index is 84.0. The molecular formula is C9H24NOPS. The molecule has 0 aliphatic heterocycles. The molecule has 13 heavy (non-hydrogen) atoms. The zero-order valence-electron chi connectivity index (χ0n) is 9.12. The van der Waals surface area contributed by atoms with E-state index in [4.69, 9.17) is 10.3 Å². The lowest BCUT2D eigenvalue weighted by atomic mass is 10.2. The minimum absolute atomic E-state index is 0.455. The molecule has 0 aromatic heterocycles. The van der Waals surface area contributed by atoms with Gasteiger partial charge in [0.15, 0.2) is 0 Å². The van der Waals surface area contributed by atoms with Crippen LogP contribution in [0.15, 0.2) is 0 Å². The lowest BCUT2D eigenvalue weighted by Gasteiger charge is -2.05. The normalized spacial score (nSPS) is 11.8. The maximum Gasteiger partial charge on any atom is 0.0824 e. The van der Waals surface area contributed by atoms with E-state index in [2.05, 4.69) is 12.2 Å². The molecule has 1 unspecified atom stereocenters. The summed E-state index contributed by atoms with van der Waals surface area (Å²) < 4.78 is 5.32.